The molecule has 4 rings (SSSR count). The largest absolute Gasteiger partial charge is 0.465 e. The van der Waals surface area contributed by atoms with Crippen molar-refractivity contribution in [3.8, 4) is 11.5 Å². The Morgan fingerprint density at radius 2 is 1.72 bits per heavy atom. The molecule has 0 bridgehead atoms. The quantitative estimate of drug-likeness (QED) is 0.242. The van der Waals surface area contributed by atoms with Gasteiger partial charge in [-0.25, -0.2) is 13.2 Å². The van der Waals surface area contributed by atoms with Crippen LogP contribution in [-0.2, 0) is 21.2 Å². The monoisotopic (exact) mass is 612 g/mol. The average Bonchev–Trinajstić information content (AvgIpc) is 3.51. The summed E-state index contributed by atoms with van der Waals surface area (Å²) in [6.07, 6.45) is 0.501. The highest BCUT2D eigenvalue weighted by Crippen LogP contribution is 2.38. The SMILES string of the molecule is COC(=O)c1c(NC(=O)c2ccc(S(=O)(=O)N(CCCl)CCCl)cc2)sc(Cc2ccc3c(c2)OCO3)c1C. The van der Waals surface area contributed by atoms with Crippen LogP contribution in [0.2, 0.25) is 0 Å². The molecule has 1 aliphatic heterocycles. The van der Waals surface area contributed by atoms with Crippen molar-refractivity contribution in [3.05, 3.63) is 69.6 Å². The second kappa shape index (κ2) is 12.6. The van der Waals surface area contributed by atoms with Crippen LogP contribution in [0.1, 0.15) is 36.7 Å². The Hall–Kier alpha value is -2.83. The first-order valence-corrected chi connectivity index (χ1v) is 15.1. The van der Waals surface area contributed by atoms with Crippen LogP contribution < -0.4 is 14.8 Å². The van der Waals surface area contributed by atoms with Gasteiger partial charge in [0.2, 0.25) is 16.8 Å². The molecule has 0 saturated heterocycles. The normalized spacial score (nSPS) is 12.5. The lowest BCUT2D eigenvalue weighted by Gasteiger charge is -2.20. The Labute approximate surface area is 240 Å². The molecule has 3 aromatic rings. The summed E-state index contributed by atoms with van der Waals surface area (Å²) in [7, 11) is -2.55. The van der Waals surface area contributed by atoms with Crippen LogP contribution in [0.25, 0.3) is 0 Å². The van der Waals surface area contributed by atoms with E-state index in [-0.39, 0.29) is 47.7 Å². The number of benzene rings is 2. The van der Waals surface area contributed by atoms with Gasteiger partial charge in [0.25, 0.3) is 5.91 Å². The number of carbonyl (C=O) groups excluding carboxylic acids is 2. The van der Waals surface area contributed by atoms with E-state index < -0.39 is 21.9 Å². The molecule has 1 aliphatic rings. The second-order valence-electron chi connectivity index (χ2n) is 8.47. The van der Waals surface area contributed by atoms with E-state index in [1.54, 1.807) is 6.92 Å². The second-order valence-corrected chi connectivity index (χ2v) is 12.3. The predicted molar refractivity (Wildman–Crippen MR) is 150 cm³/mol. The molecule has 1 amide bonds. The number of amides is 1. The number of alkyl halides is 2. The van der Waals surface area contributed by atoms with Crippen molar-refractivity contribution in [1.29, 1.82) is 0 Å². The minimum absolute atomic E-state index is 0.0162. The predicted octanol–water partition coefficient (Wildman–Crippen LogP) is 4.88. The lowest BCUT2D eigenvalue weighted by Crippen LogP contribution is -2.34. The molecule has 9 nitrogen and oxygen atoms in total. The van der Waals surface area contributed by atoms with Gasteiger partial charge in [0, 0.05) is 41.7 Å². The van der Waals surface area contributed by atoms with E-state index in [9.17, 15) is 18.0 Å². The Kier molecular flexibility index (Phi) is 9.39. The number of methoxy groups -OCH3 is 1. The van der Waals surface area contributed by atoms with Gasteiger partial charge in [-0.2, -0.15) is 4.31 Å². The van der Waals surface area contributed by atoms with E-state index in [2.05, 4.69) is 5.32 Å². The molecular weight excluding hydrogens is 587 g/mol. The van der Waals surface area contributed by atoms with Crippen molar-refractivity contribution in [2.75, 3.05) is 44.1 Å². The number of hydrogen-bond acceptors (Lipinski definition) is 8. The fraction of sp³-hybridized carbons (Fsp3) is 0.308. The third-order valence-corrected chi connectivity index (χ3v) is 9.54. The minimum Gasteiger partial charge on any atom is -0.465 e. The number of thiophene rings is 1. The molecule has 0 saturated carbocycles. The summed E-state index contributed by atoms with van der Waals surface area (Å²) < 4.78 is 42.9. The zero-order valence-corrected chi connectivity index (χ0v) is 24.3. The number of rotatable bonds is 11. The lowest BCUT2D eigenvalue weighted by atomic mass is 10.1. The van der Waals surface area contributed by atoms with E-state index >= 15 is 0 Å². The van der Waals surface area contributed by atoms with E-state index in [1.165, 1.54) is 47.0 Å². The Balaban J connectivity index is 1.56. The zero-order valence-electron chi connectivity index (χ0n) is 21.2. The molecule has 2 aromatic carbocycles. The number of carbonyl (C=O) groups is 2. The van der Waals surface area contributed by atoms with Crippen LogP contribution >= 0.6 is 34.5 Å². The van der Waals surface area contributed by atoms with Gasteiger partial charge in [-0.15, -0.1) is 34.5 Å². The molecule has 1 aromatic heterocycles. The Bertz CT molecular complexity index is 1470. The smallest absolute Gasteiger partial charge is 0.341 e. The first-order chi connectivity index (χ1) is 18.7. The maximum atomic E-state index is 13.1. The summed E-state index contributed by atoms with van der Waals surface area (Å²) in [6.45, 7) is 2.20. The fourth-order valence-electron chi connectivity index (χ4n) is 4.04. The molecule has 0 spiro atoms. The molecule has 208 valence electrons. The number of sulfonamides is 1. The van der Waals surface area contributed by atoms with E-state index in [1.807, 2.05) is 18.2 Å². The number of anilines is 1. The van der Waals surface area contributed by atoms with E-state index in [4.69, 9.17) is 37.4 Å². The molecule has 13 heteroatoms. The van der Waals surface area contributed by atoms with Crippen LogP contribution in [0.4, 0.5) is 5.00 Å². The first kappa shape index (κ1) is 29.2. The van der Waals surface area contributed by atoms with Gasteiger partial charge in [0.05, 0.1) is 17.6 Å². The van der Waals surface area contributed by atoms with Crippen LogP contribution in [0, 0.1) is 6.92 Å². The van der Waals surface area contributed by atoms with Crippen molar-refractivity contribution in [2.45, 2.75) is 18.2 Å². The molecule has 39 heavy (non-hydrogen) atoms. The molecule has 1 N–H and O–H groups in total. The highest BCUT2D eigenvalue weighted by Gasteiger charge is 2.26. The lowest BCUT2D eigenvalue weighted by molar-refractivity contribution is 0.0601. The number of ether oxygens (including phenoxy) is 3. The molecule has 2 heterocycles. The molecule has 0 radical (unpaired) electrons. The van der Waals surface area contributed by atoms with Crippen molar-refractivity contribution in [3.63, 3.8) is 0 Å². The van der Waals surface area contributed by atoms with Gasteiger partial charge in [-0.3, -0.25) is 4.79 Å². The van der Waals surface area contributed by atoms with Gasteiger partial charge < -0.3 is 19.5 Å². The summed E-state index contributed by atoms with van der Waals surface area (Å²) in [5, 5.41) is 3.13. The van der Waals surface area contributed by atoms with Crippen molar-refractivity contribution in [2.24, 2.45) is 0 Å². The third kappa shape index (κ3) is 6.33. The van der Waals surface area contributed by atoms with Crippen LogP contribution in [-0.4, -0.2) is 63.4 Å². The van der Waals surface area contributed by atoms with Gasteiger partial charge in [-0.05, 0) is 54.4 Å². The standard InChI is InChI=1S/C26H26Cl2N2O7S2/c1-16-22(14-17-3-8-20-21(13-17)37-15-36-20)38-25(23(16)26(32)35-2)29-24(31)18-4-6-19(7-5-18)39(33,34)30(11-9-27)12-10-28/h3-8,13H,9-12,14-15H2,1-2H3,(H,29,31). The van der Waals surface area contributed by atoms with Crippen LogP contribution in [0.5, 0.6) is 11.5 Å². The highest BCUT2D eigenvalue weighted by atomic mass is 35.5. The maximum Gasteiger partial charge on any atom is 0.341 e. The van der Waals surface area contributed by atoms with Crippen LogP contribution in [0.3, 0.4) is 0 Å². The fourth-order valence-corrected chi connectivity index (χ4v) is 7.32. The maximum absolute atomic E-state index is 13.1. The van der Waals surface area contributed by atoms with Gasteiger partial charge in [0.15, 0.2) is 11.5 Å². The van der Waals surface area contributed by atoms with Crippen molar-refractivity contribution < 1.29 is 32.2 Å². The topological polar surface area (TPSA) is 111 Å². The summed E-state index contributed by atoms with van der Waals surface area (Å²) >= 11 is 12.8. The molecule has 0 fully saturated rings. The minimum atomic E-state index is -3.83. The highest BCUT2D eigenvalue weighted by molar-refractivity contribution is 7.89. The van der Waals surface area contributed by atoms with Gasteiger partial charge in [-0.1, -0.05) is 6.07 Å². The molecule has 0 unspecified atom stereocenters. The van der Waals surface area contributed by atoms with Gasteiger partial charge in [0.1, 0.15) is 5.00 Å². The Morgan fingerprint density at radius 3 is 2.36 bits per heavy atom. The molecule has 0 atom stereocenters. The Morgan fingerprint density at radius 1 is 1.05 bits per heavy atom. The van der Waals surface area contributed by atoms with E-state index in [0.29, 0.717) is 28.5 Å². The number of fused-ring (bicyclic) bond motifs is 1. The summed E-state index contributed by atoms with van der Waals surface area (Å²) in [6, 6.07) is 11.2. The summed E-state index contributed by atoms with van der Waals surface area (Å²) in [4.78, 5) is 26.6. The summed E-state index contributed by atoms with van der Waals surface area (Å²) in [5.41, 5.74) is 2.13. The van der Waals surface area contributed by atoms with Crippen molar-refractivity contribution in [1.82, 2.24) is 4.31 Å². The number of esters is 1. The molecular formula is C26H26Cl2N2O7S2. The van der Waals surface area contributed by atoms with Crippen LogP contribution in [0.15, 0.2) is 47.4 Å². The first-order valence-electron chi connectivity index (χ1n) is 11.8. The molecule has 0 aliphatic carbocycles. The van der Waals surface area contributed by atoms with Gasteiger partial charge >= 0.3 is 5.97 Å². The average molecular weight is 614 g/mol. The number of nitrogens with zero attached hydrogens (tertiary/aromatic N) is 1. The number of halogens is 2. The third-order valence-electron chi connectivity index (χ3n) is 6.09. The zero-order chi connectivity index (χ0) is 28.2. The van der Waals surface area contributed by atoms with Crippen molar-refractivity contribution >= 4 is 61.4 Å². The number of hydrogen-bond donors (Lipinski definition) is 1. The number of nitrogens with one attached hydrogen (secondary N) is 1. The summed E-state index contributed by atoms with van der Waals surface area (Å²) in [5.74, 6) is 0.498. The van der Waals surface area contributed by atoms with E-state index in [0.717, 1.165) is 10.4 Å².